The summed E-state index contributed by atoms with van der Waals surface area (Å²) in [7, 11) is 0. The molecule has 1 aliphatic carbocycles. The van der Waals surface area contributed by atoms with Crippen molar-refractivity contribution in [3.05, 3.63) is 148 Å². The summed E-state index contributed by atoms with van der Waals surface area (Å²) in [6.45, 7) is 16.4. The zero-order valence-electron chi connectivity index (χ0n) is 32.4. The molecule has 0 aromatic heterocycles. The van der Waals surface area contributed by atoms with Gasteiger partial charge < -0.3 is 9.47 Å². The fraction of sp³-hybridized carbons (Fsp3) is 0.277. The summed E-state index contributed by atoms with van der Waals surface area (Å²) in [5.41, 5.74) is 5.43. The lowest BCUT2D eigenvalue weighted by Crippen LogP contribution is -2.45. The number of fused-ring (bicyclic) bond motifs is 3. The summed E-state index contributed by atoms with van der Waals surface area (Å²) in [6, 6.07) is 31.8. The quantitative estimate of drug-likeness (QED) is 0.155. The Hall–Kier alpha value is -6.02. The predicted octanol–water partition coefficient (Wildman–Crippen LogP) is 10.6. The lowest BCUT2D eigenvalue weighted by Gasteiger charge is -2.29. The Bertz CT molecular complexity index is 2450. The van der Waals surface area contributed by atoms with Gasteiger partial charge in [-0.05, 0) is 134 Å². The van der Waals surface area contributed by atoms with E-state index in [1.54, 1.807) is 42.5 Å². The number of benzene rings is 5. The number of anilines is 1. The van der Waals surface area contributed by atoms with Crippen molar-refractivity contribution in [2.75, 3.05) is 4.90 Å². The van der Waals surface area contributed by atoms with Crippen LogP contribution in [0.1, 0.15) is 131 Å². The van der Waals surface area contributed by atoms with Gasteiger partial charge in [0.2, 0.25) is 0 Å². The van der Waals surface area contributed by atoms with E-state index < -0.39 is 5.54 Å². The third kappa shape index (κ3) is 5.91. The Balaban J connectivity index is 1.02. The van der Waals surface area contributed by atoms with Gasteiger partial charge in [0.05, 0.1) is 27.9 Å². The normalized spacial score (nSPS) is 18.6. The van der Waals surface area contributed by atoms with E-state index >= 15 is 0 Å². The number of hydrogen-bond acceptors (Lipinski definition) is 6. The summed E-state index contributed by atoms with van der Waals surface area (Å²) in [5.74, 6) is 1.14. The van der Waals surface area contributed by atoms with Crippen LogP contribution in [0.25, 0.3) is 0 Å². The number of amides is 4. The number of hydrogen-bond donors (Lipinski definition) is 0. The Morgan fingerprint density at radius 2 is 1.11 bits per heavy atom. The molecule has 5 aromatic carbocycles. The van der Waals surface area contributed by atoms with Crippen molar-refractivity contribution in [3.8, 4) is 23.0 Å². The Kier molecular flexibility index (Phi) is 8.19. The molecule has 2 aliphatic heterocycles. The van der Waals surface area contributed by atoms with E-state index in [9.17, 15) is 19.2 Å². The lowest BCUT2D eigenvalue weighted by atomic mass is 9.75. The third-order valence-corrected chi connectivity index (χ3v) is 11.3. The number of nitrogens with zero attached hydrogens (tertiary/aromatic N) is 2. The first-order valence-electron chi connectivity index (χ1n) is 18.7. The maximum Gasteiger partial charge on any atom is 0.266 e. The zero-order valence-corrected chi connectivity index (χ0v) is 32.4. The molecule has 2 heterocycles. The topological polar surface area (TPSA) is 93.2 Å². The van der Waals surface area contributed by atoms with Crippen molar-refractivity contribution in [1.82, 2.24) is 4.90 Å². The number of ether oxygens (including phenoxy) is 2. The minimum Gasteiger partial charge on any atom is -0.457 e. The van der Waals surface area contributed by atoms with Gasteiger partial charge in [-0.1, -0.05) is 65.0 Å². The fourth-order valence-corrected chi connectivity index (χ4v) is 8.56. The van der Waals surface area contributed by atoms with Gasteiger partial charge in [0, 0.05) is 11.0 Å². The second-order valence-electron chi connectivity index (χ2n) is 17.1. The van der Waals surface area contributed by atoms with Crippen molar-refractivity contribution in [1.29, 1.82) is 0 Å². The van der Waals surface area contributed by atoms with E-state index in [4.69, 9.17) is 9.47 Å². The van der Waals surface area contributed by atoms with Crippen LogP contribution in [0, 0.1) is 0 Å². The van der Waals surface area contributed by atoms with Gasteiger partial charge in [0.1, 0.15) is 23.0 Å². The molecular formula is C47H44N2O6. The van der Waals surface area contributed by atoms with Crippen LogP contribution in [0.5, 0.6) is 23.0 Å². The molecule has 4 amide bonds. The van der Waals surface area contributed by atoms with Gasteiger partial charge in [0.25, 0.3) is 23.6 Å². The highest BCUT2D eigenvalue weighted by Crippen LogP contribution is 2.54. The van der Waals surface area contributed by atoms with Crippen LogP contribution in [0.3, 0.4) is 0 Å². The molecule has 0 N–H and O–H groups in total. The maximum atomic E-state index is 13.5. The summed E-state index contributed by atoms with van der Waals surface area (Å²) < 4.78 is 12.6. The highest BCUT2D eigenvalue weighted by Gasteiger charge is 2.46. The molecule has 8 heteroatoms. The van der Waals surface area contributed by atoms with Gasteiger partial charge in [-0.15, -0.1) is 0 Å². The van der Waals surface area contributed by atoms with Gasteiger partial charge in [-0.3, -0.25) is 24.1 Å². The minimum atomic E-state index is -0.636. The molecule has 8 nitrogen and oxygen atoms in total. The summed E-state index contributed by atoms with van der Waals surface area (Å²) >= 11 is 0. The van der Waals surface area contributed by atoms with Crippen molar-refractivity contribution < 1.29 is 28.7 Å². The second-order valence-corrected chi connectivity index (χ2v) is 17.1. The summed E-state index contributed by atoms with van der Waals surface area (Å²) in [4.78, 5) is 55.6. The monoisotopic (exact) mass is 732 g/mol. The molecule has 8 rings (SSSR count). The Morgan fingerprint density at radius 1 is 0.582 bits per heavy atom. The van der Waals surface area contributed by atoms with E-state index in [1.807, 2.05) is 57.2 Å². The highest BCUT2D eigenvalue weighted by molar-refractivity contribution is 6.34. The van der Waals surface area contributed by atoms with Crippen LogP contribution >= 0.6 is 0 Å². The molecule has 1 atom stereocenters. The molecule has 0 spiro atoms. The number of imide groups is 2. The SMILES string of the molecule is CC(C)c1cccc(N2C(=O)c3ccc(Oc4ccc([C@@]5(C)CC(C)(C)c6ccc(Oc7ccc8c(c7)C(=O)N(C(C)(C)C)C8=O)cc65)cc4)cc3C2=O)c1. The van der Waals surface area contributed by atoms with Crippen LogP contribution in [0.4, 0.5) is 5.69 Å². The molecule has 0 unspecified atom stereocenters. The van der Waals surface area contributed by atoms with Crippen LogP contribution in [0.15, 0.2) is 103 Å². The number of carbonyl (C=O) groups is 4. The van der Waals surface area contributed by atoms with E-state index in [0.29, 0.717) is 50.9 Å². The van der Waals surface area contributed by atoms with E-state index in [-0.39, 0.29) is 40.4 Å². The Labute approximate surface area is 321 Å². The molecule has 0 saturated carbocycles. The largest absolute Gasteiger partial charge is 0.457 e. The van der Waals surface area contributed by atoms with Crippen LogP contribution in [-0.2, 0) is 10.8 Å². The molecule has 3 aliphatic rings. The molecular weight excluding hydrogens is 689 g/mol. The lowest BCUT2D eigenvalue weighted by molar-refractivity contribution is 0.0507. The standard InChI is InChI=1S/C47H44N2O6/c1-27(2)28-10-9-11-30(22-28)48-41(50)35-19-16-32(23-37(35)42(48)51)54-31-14-12-29(13-15-31)47(8)26-46(6,7)39-21-18-34(25-40(39)47)55-33-17-20-36-38(24-33)44(53)49(43(36)52)45(3,4)5/h9-25,27H,26H2,1-8H3/t47-/m1/s1. The molecule has 0 bridgehead atoms. The van der Waals surface area contributed by atoms with Crippen molar-refractivity contribution in [3.63, 3.8) is 0 Å². The average molecular weight is 733 g/mol. The summed E-state index contributed by atoms with van der Waals surface area (Å²) in [6.07, 6.45) is 0.870. The summed E-state index contributed by atoms with van der Waals surface area (Å²) in [5, 5.41) is 0. The Morgan fingerprint density at radius 3 is 1.75 bits per heavy atom. The number of carbonyl (C=O) groups excluding carboxylic acids is 4. The van der Waals surface area contributed by atoms with Crippen LogP contribution in [0.2, 0.25) is 0 Å². The first kappa shape index (κ1) is 36.0. The van der Waals surface area contributed by atoms with Crippen LogP contribution < -0.4 is 14.4 Å². The average Bonchev–Trinajstić information content (AvgIpc) is 3.63. The first-order valence-corrected chi connectivity index (χ1v) is 18.7. The van der Waals surface area contributed by atoms with Gasteiger partial charge >= 0.3 is 0 Å². The van der Waals surface area contributed by atoms with Gasteiger partial charge in [-0.25, -0.2) is 4.90 Å². The van der Waals surface area contributed by atoms with E-state index in [0.717, 1.165) is 23.1 Å². The molecule has 0 radical (unpaired) electrons. The minimum absolute atomic E-state index is 0.104. The molecule has 55 heavy (non-hydrogen) atoms. The van der Waals surface area contributed by atoms with Gasteiger partial charge in [-0.2, -0.15) is 0 Å². The second kappa shape index (κ2) is 12.5. The number of rotatable bonds is 7. The van der Waals surface area contributed by atoms with Crippen molar-refractivity contribution in [2.45, 2.75) is 84.1 Å². The third-order valence-electron chi connectivity index (χ3n) is 11.3. The van der Waals surface area contributed by atoms with E-state index in [1.165, 1.54) is 15.4 Å². The molecule has 0 fully saturated rings. The molecule has 0 saturated heterocycles. The smallest absolute Gasteiger partial charge is 0.266 e. The first-order chi connectivity index (χ1) is 26.0. The highest BCUT2D eigenvalue weighted by atomic mass is 16.5. The fourth-order valence-electron chi connectivity index (χ4n) is 8.56. The zero-order chi connectivity index (χ0) is 39.2. The van der Waals surface area contributed by atoms with Crippen LogP contribution in [-0.4, -0.2) is 34.1 Å². The molecule has 5 aromatic rings. The van der Waals surface area contributed by atoms with Crippen molar-refractivity contribution in [2.24, 2.45) is 0 Å². The van der Waals surface area contributed by atoms with Crippen molar-refractivity contribution >= 4 is 29.3 Å². The van der Waals surface area contributed by atoms with Gasteiger partial charge in [0.15, 0.2) is 0 Å². The molecule has 278 valence electrons. The maximum absolute atomic E-state index is 13.5. The predicted molar refractivity (Wildman–Crippen MR) is 212 cm³/mol. The van der Waals surface area contributed by atoms with E-state index in [2.05, 4.69) is 58.9 Å².